The Hall–Kier alpha value is -0.370. The maximum Gasteiger partial charge on any atom is 0.133 e. The van der Waals surface area contributed by atoms with Gasteiger partial charge in [0.15, 0.2) is 0 Å². The number of nitrogens with two attached hydrogens (primary N) is 1. The number of rotatable bonds is 18. The van der Waals surface area contributed by atoms with Crippen LogP contribution in [0.25, 0.3) is 0 Å². The molecule has 0 saturated heterocycles. The molecule has 1 saturated carbocycles. The van der Waals surface area contributed by atoms with Crippen molar-refractivity contribution in [3.05, 3.63) is 0 Å². The Morgan fingerprint density at radius 1 is 0.704 bits per heavy atom. The fraction of sp³-hybridized carbons (Fsp3) is 0.960. The van der Waals surface area contributed by atoms with E-state index in [1.807, 2.05) is 0 Å². The molecule has 2 atom stereocenters. The molecule has 0 aromatic carbocycles. The molecule has 0 aromatic rings. The smallest absolute Gasteiger partial charge is 0.133 e. The average molecular weight is 380 g/mol. The second kappa shape index (κ2) is 17.7. The SMILES string of the molecule is CCCCCCCCCCCCCCCCCC(=O)C[C@H]1CCCC[C@@H]1N. The van der Waals surface area contributed by atoms with Crippen LogP contribution in [0.15, 0.2) is 0 Å². The number of hydrogen-bond donors (Lipinski definition) is 1. The summed E-state index contributed by atoms with van der Waals surface area (Å²) in [6.45, 7) is 2.29. The third-order valence-corrected chi connectivity index (χ3v) is 6.52. The Bertz CT molecular complexity index is 341. The van der Waals surface area contributed by atoms with Gasteiger partial charge in [-0.2, -0.15) is 0 Å². The van der Waals surface area contributed by atoms with Crippen LogP contribution in [-0.4, -0.2) is 11.8 Å². The van der Waals surface area contributed by atoms with Crippen molar-refractivity contribution >= 4 is 5.78 Å². The van der Waals surface area contributed by atoms with Crippen molar-refractivity contribution in [3.63, 3.8) is 0 Å². The summed E-state index contributed by atoms with van der Waals surface area (Å²) in [5.41, 5.74) is 6.16. The first kappa shape index (κ1) is 24.7. The largest absolute Gasteiger partial charge is 0.327 e. The van der Waals surface area contributed by atoms with Crippen LogP contribution in [0.3, 0.4) is 0 Å². The summed E-state index contributed by atoms with van der Waals surface area (Å²) in [4.78, 5) is 12.1. The van der Waals surface area contributed by atoms with Gasteiger partial charge in [-0.25, -0.2) is 0 Å². The molecule has 1 aliphatic rings. The van der Waals surface area contributed by atoms with Crippen LogP contribution in [0.2, 0.25) is 0 Å². The summed E-state index contributed by atoms with van der Waals surface area (Å²) in [5.74, 6) is 0.939. The van der Waals surface area contributed by atoms with Gasteiger partial charge in [0.05, 0.1) is 0 Å². The van der Waals surface area contributed by atoms with E-state index in [-0.39, 0.29) is 6.04 Å². The van der Waals surface area contributed by atoms with Crippen molar-refractivity contribution in [2.45, 2.75) is 148 Å². The topological polar surface area (TPSA) is 43.1 Å². The van der Waals surface area contributed by atoms with Crippen LogP contribution in [0.1, 0.15) is 142 Å². The molecule has 1 aliphatic carbocycles. The third-order valence-electron chi connectivity index (χ3n) is 6.52. The van der Waals surface area contributed by atoms with Crippen LogP contribution < -0.4 is 5.73 Å². The fourth-order valence-corrected chi connectivity index (χ4v) is 4.58. The maximum absolute atomic E-state index is 12.1. The van der Waals surface area contributed by atoms with E-state index in [1.54, 1.807) is 0 Å². The van der Waals surface area contributed by atoms with Crippen molar-refractivity contribution in [2.24, 2.45) is 11.7 Å². The minimum atomic E-state index is 0.281. The quantitative estimate of drug-likeness (QED) is 0.248. The van der Waals surface area contributed by atoms with Crippen molar-refractivity contribution in [3.8, 4) is 0 Å². The zero-order valence-electron chi connectivity index (χ0n) is 18.5. The highest BCUT2D eigenvalue weighted by molar-refractivity contribution is 5.78. The Kier molecular flexibility index (Phi) is 16.2. The van der Waals surface area contributed by atoms with Gasteiger partial charge >= 0.3 is 0 Å². The van der Waals surface area contributed by atoms with E-state index in [4.69, 9.17) is 5.73 Å². The lowest BCUT2D eigenvalue weighted by Gasteiger charge is -2.27. The van der Waals surface area contributed by atoms with Crippen LogP contribution in [-0.2, 0) is 4.79 Å². The molecule has 2 N–H and O–H groups in total. The number of ketones is 1. The van der Waals surface area contributed by atoms with Gasteiger partial charge in [0, 0.05) is 18.9 Å². The van der Waals surface area contributed by atoms with Gasteiger partial charge in [0.1, 0.15) is 5.78 Å². The summed E-state index contributed by atoms with van der Waals surface area (Å²) in [6, 6.07) is 0.281. The first-order chi connectivity index (χ1) is 13.2. The highest BCUT2D eigenvalue weighted by Crippen LogP contribution is 2.26. The van der Waals surface area contributed by atoms with Gasteiger partial charge in [-0.05, 0) is 25.2 Å². The van der Waals surface area contributed by atoms with Crippen LogP contribution >= 0.6 is 0 Å². The molecule has 0 bridgehead atoms. The molecular formula is C25H49NO. The van der Waals surface area contributed by atoms with E-state index in [0.717, 1.165) is 25.7 Å². The van der Waals surface area contributed by atoms with Gasteiger partial charge in [0.2, 0.25) is 0 Å². The molecule has 0 spiro atoms. The van der Waals surface area contributed by atoms with E-state index in [1.165, 1.54) is 109 Å². The number of hydrogen-bond acceptors (Lipinski definition) is 2. The Morgan fingerprint density at radius 3 is 1.63 bits per heavy atom. The normalized spacial score (nSPS) is 20.1. The highest BCUT2D eigenvalue weighted by atomic mass is 16.1. The molecule has 1 rings (SSSR count). The average Bonchev–Trinajstić information content (AvgIpc) is 2.66. The van der Waals surface area contributed by atoms with Crippen molar-refractivity contribution in [1.82, 2.24) is 0 Å². The second-order valence-electron chi connectivity index (χ2n) is 9.15. The first-order valence-electron chi connectivity index (χ1n) is 12.5. The molecule has 2 nitrogen and oxygen atoms in total. The van der Waals surface area contributed by atoms with Crippen molar-refractivity contribution in [2.75, 3.05) is 0 Å². The first-order valence-corrected chi connectivity index (χ1v) is 12.5. The molecule has 2 heteroatoms. The van der Waals surface area contributed by atoms with Crippen LogP contribution in [0.5, 0.6) is 0 Å². The van der Waals surface area contributed by atoms with E-state index in [0.29, 0.717) is 11.7 Å². The zero-order chi connectivity index (χ0) is 19.6. The number of carbonyl (C=O) groups is 1. The van der Waals surface area contributed by atoms with E-state index < -0.39 is 0 Å². The minimum absolute atomic E-state index is 0.281. The standard InChI is InChI=1S/C25H49NO/c1-2-3-4-5-6-7-8-9-10-11-12-13-14-15-16-20-24(27)22-23-19-17-18-21-25(23)26/h23,25H,2-22,26H2,1H3/t23-,25+/m1/s1. The molecule has 1 fully saturated rings. The molecule has 160 valence electrons. The lowest BCUT2D eigenvalue weighted by atomic mass is 9.81. The number of unbranched alkanes of at least 4 members (excludes halogenated alkanes) is 14. The number of Topliss-reactive ketones (excluding diaryl/α,β-unsaturated/α-hetero) is 1. The lowest BCUT2D eigenvalue weighted by molar-refractivity contribution is -0.120. The molecule has 27 heavy (non-hydrogen) atoms. The molecule has 0 aliphatic heterocycles. The minimum Gasteiger partial charge on any atom is -0.327 e. The molecular weight excluding hydrogens is 330 g/mol. The third kappa shape index (κ3) is 14.3. The molecule has 0 radical (unpaired) electrons. The van der Waals surface area contributed by atoms with Gasteiger partial charge in [-0.15, -0.1) is 0 Å². The number of carbonyl (C=O) groups excluding carboxylic acids is 1. The fourth-order valence-electron chi connectivity index (χ4n) is 4.58. The Labute approximate surface area is 170 Å². The Morgan fingerprint density at radius 2 is 1.15 bits per heavy atom. The summed E-state index contributed by atoms with van der Waals surface area (Å²) in [5, 5.41) is 0. The maximum atomic E-state index is 12.1. The summed E-state index contributed by atoms with van der Waals surface area (Å²) < 4.78 is 0. The molecule has 0 aromatic heterocycles. The summed E-state index contributed by atoms with van der Waals surface area (Å²) >= 11 is 0. The van der Waals surface area contributed by atoms with Gasteiger partial charge in [-0.3, -0.25) is 4.79 Å². The summed E-state index contributed by atoms with van der Waals surface area (Å²) in [7, 11) is 0. The van der Waals surface area contributed by atoms with E-state index >= 15 is 0 Å². The van der Waals surface area contributed by atoms with Gasteiger partial charge < -0.3 is 5.73 Å². The molecule has 0 unspecified atom stereocenters. The molecule has 0 heterocycles. The van der Waals surface area contributed by atoms with Crippen LogP contribution in [0.4, 0.5) is 0 Å². The predicted molar refractivity (Wildman–Crippen MR) is 119 cm³/mol. The van der Waals surface area contributed by atoms with Gasteiger partial charge in [0.25, 0.3) is 0 Å². The van der Waals surface area contributed by atoms with Crippen molar-refractivity contribution < 1.29 is 4.79 Å². The lowest BCUT2D eigenvalue weighted by Crippen LogP contribution is -2.34. The summed E-state index contributed by atoms with van der Waals surface area (Å²) in [6.07, 6.45) is 27.0. The Balaban J connectivity index is 1.78. The zero-order valence-corrected chi connectivity index (χ0v) is 18.5. The van der Waals surface area contributed by atoms with Crippen LogP contribution in [0, 0.1) is 5.92 Å². The van der Waals surface area contributed by atoms with E-state index in [2.05, 4.69) is 6.92 Å². The van der Waals surface area contributed by atoms with Gasteiger partial charge in [-0.1, -0.05) is 110 Å². The second-order valence-corrected chi connectivity index (χ2v) is 9.15. The van der Waals surface area contributed by atoms with Crippen molar-refractivity contribution in [1.29, 1.82) is 0 Å². The highest BCUT2D eigenvalue weighted by Gasteiger charge is 2.23. The van der Waals surface area contributed by atoms with E-state index in [9.17, 15) is 4.79 Å². The monoisotopic (exact) mass is 379 g/mol. The molecule has 0 amide bonds. The predicted octanol–water partition coefficient (Wildman–Crippen LogP) is 7.72.